The van der Waals surface area contributed by atoms with Crippen LogP contribution in [0.5, 0.6) is 11.5 Å². The number of rotatable bonds is 6. The number of ether oxygens (including phenoxy) is 2. The smallest absolute Gasteiger partial charge is 0.224 e. The second-order valence-corrected chi connectivity index (χ2v) is 6.79. The lowest BCUT2D eigenvalue weighted by molar-refractivity contribution is -0.131. The van der Waals surface area contributed by atoms with Gasteiger partial charge in [0.25, 0.3) is 0 Å². The van der Waals surface area contributed by atoms with E-state index in [-0.39, 0.29) is 18.2 Å². The number of nitrogens with zero attached hydrogens (tertiary/aromatic N) is 2. The van der Waals surface area contributed by atoms with E-state index < -0.39 is 0 Å². The summed E-state index contributed by atoms with van der Waals surface area (Å²) < 4.78 is 10.6. The fourth-order valence-corrected chi connectivity index (χ4v) is 3.54. The Morgan fingerprint density at radius 1 is 1.04 bits per heavy atom. The molecule has 6 nitrogen and oxygen atoms in total. The van der Waals surface area contributed by atoms with E-state index in [1.807, 2.05) is 17.0 Å². The van der Waals surface area contributed by atoms with Crippen molar-refractivity contribution in [2.24, 2.45) is 0 Å². The fourth-order valence-electron chi connectivity index (χ4n) is 3.54. The van der Waals surface area contributed by atoms with Crippen LogP contribution in [-0.2, 0) is 22.6 Å². The van der Waals surface area contributed by atoms with E-state index in [4.69, 9.17) is 9.47 Å². The molecule has 0 N–H and O–H groups in total. The largest absolute Gasteiger partial charge is 0.493 e. The molecule has 3 rings (SSSR count). The third-order valence-corrected chi connectivity index (χ3v) is 5.09. The zero-order chi connectivity index (χ0) is 20.1. The minimum absolute atomic E-state index is 0.0567. The van der Waals surface area contributed by atoms with Crippen LogP contribution in [0.25, 0.3) is 0 Å². The van der Waals surface area contributed by atoms with Crippen LogP contribution in [-0.4, -0.2) is 44.0 Å². The van der Waals surface area contributed by atoms with E-state index in [0.29, 0.717) is 36.8 Å². The highest BCUT2D eigenvalue weighted by Gasteiger charge is 2.22. The molecule has 148 valence electrons. The van der Waals surface area contributed by atoms with E-state index in [0.717, 1.165) is 6.42 Å². The van der Waals surface area contributed by atoms with Crippen LogP contribution in [0.2, 0.25) is 0 Å². The number of fused-ring (bicyclic) bond motifs is 1. The molecule has 0 spiro atoms. The van der Waals surface area contributed by atoms with Gasteiger partial charge in [-0.1, -0.05) is 24.3 Å². The van der Waals surface area contributed by atoms with Crippen LogP contribution in [0.15, 0.2) is 42.5 Å². The number of benzene rings is 2. The summed E-state index contributed by atoms with van der Waals surface area (Å²) in [6, 6.07) is 13.5. The summed E-state index contributed by atoms with van der Waals surface area (Å²) in [6.07, 6.45) is 1.14. The molecule has 0 radical (unpaired) electrons. The first-order valence-corrected chi connectivity index (χ1v) is 9.38. The van der Waals surface area contributed by atoms with Gasteiger partial charge in [0, 0.05) is 44.7 Å². The molecular weight excluding hydrogens is 356 g/mol. The normalized spacial score (nSPS) is 12.9. The molecule has 6 heteroatoms. The highest BCUT2D eigenvalue weighted by molar-refractivity contribution is 5.92. The van der Waals surface area contributed by atoms with Gasteiger partial charge in [0.1, 0.15) is 0 Å². The monoisotopic (exact) mass is 382 g/mol. The Morgan fingerprint density at radius 2 is 1.75 bits per heavy atom. The quantitative estimate of drug-likeness (QED) is 0.771. The van der Waals surface area contributed by atoms with Crippen molar-refractivity contribution in [2.45, 2.75) is 26.3 Å². The van der Waals surface area contributed by atoms with E-state index in [2.05, 4.69) is 12.1 Å². The third-order valence-electron chi connectivity index (χ3n) is 5.09. The topological polar surface area (TPSA) is 59.1 Å². The lowest BCUT2D eigenvalue weighted by Crippen LogP contribution is -2.39. The van der Waals surface area contributed by atoms with Crippen molar-refractivity contribution >= 4 is 17.5 Å². The van der Waals surface area contributed by atoms with Crippen molar-refractivity contribution in [3.8, 4) is 11.5 Å². The molecule has 0 saturated heterocycles. The van der Waals surface area contributed by atoms with E-state index in [1.54, 1.807) is 37.3 Å². The zero-order valence-electron chi connectivity index (χ0n) is 16.6. The highest BCUT2D eigenvalue weighted by Crippen LogP contribution is 2.31. The fraction of sp³-hybridized carbons (Fsp3) is 0.364. The minimum atomic E-state index is -0.121. The molecular formula is C22H26N2O4. The predicted octanol–water partition coefficient (Wildman–Crippen LogP) is 3.03. The summed E-state index contributed by atoms with van der Waals surface area (Å²) in [4.78, 5) is 28.4. The Morgan fingerprint density at radius 3 is 2.43 bits per heavy atom. The number of carbonyl (C=O) groups excluding carboxylic acids is 2. The van der Waals surface area contributed by atoms with Crippen LogP contribution in [0.1, 0.15) is 24.5 Å². The first kappa shape index (κ1) is 19.7. The number of methoxy groups -OCH3 is 2. The maximum atomic E-state index is 12.7. The Balaban J connectivity index is 1.67. The van der Waals surface area contributed by atoms with Gasteiger partial charge in [-0.15, -0.1) is 0 Å². The molecule has 2 amide bonds. The SMILES string of the molecule is COc1ccc(N(CCC(=O)N2CCc3ccccc3C2)C(C)=O)cc1OC. The summed E-state index contributed by atoms with van der Waals surface area (Å²) in [7, 11) is 3.12. The molecule has 1 aliphatic heterocycles. The Bertz CT molecular complexity index is 865. The molecule has 2 aromatic carbocycles. The van der Waals surface area contributed by atoms with Crippen molar-refractivity contribution in [2.75, 3.05) is 32.2 Å². The molecule has 0 aromatic heterocycles. The number of carbonyl (C=O) groups is 2. The number of hydrogen-bond donors (Lipinski definition) is 0. The van der Waals surface area contributed by atoms with Gasteiger partial charge in [-0.2, -0.15) is 0 Å². The van der Waals surface area contributed by atoms with E-state index in [9.17, 15) is 9.59 Å². The van der Waals surface area contributed by atoms with Gasteiger partial charge in [-0.25, -0.2) is 0 Å². The number of amides is 2. The third kappa shape index (κ3) is 4.27. The first-order chi connectivity index (χ1) is 13.5. The average molecular weight is 382 g/mol. The second-order valence-electron chi connectivity index (χ2n) is 6.79. The summed E-state index contributed by atoms with van der Waals surface area (Å²) >= 11 is 0. The van der Waals surface area contributed by atoms with Gasteiger partial charge in [0.2, 0.25) is 11.8 Å². The predicted molar refractivity (Wildman–Crippen MR) is 108 cm³/mol. The molecule has 1 heterocycles. The maximum Gasteiger partial charge on any atom is 0.224 e. The molecule has 0 fully saturated rings. The molecule has 0 aliphatic carbocycles. The molecule has 1 aliphatic rings. The average Bonchev–Trinajstić information content (AvgIpc) is 2.72. The Kier molecular flexibility index (Phi) is 6.19. The number of hydrogen-bond acceptors (Lipinski definition) is 4. The van der Waals surface area contributed by atoms with Gasteiger partial charge in [-0.05, 0) is 29.7 Å². The van der Waals surface area contributed by atoms with Crippen LogP contribution in [0.3, 0.4) is 0 Å². The molecule has 0 saturated carbocycles. The van der Waals surface area contributed by atoms with Crippen LogP contribution >= 0.6 is 0 Å². The second kappa shape index (κ2) is 8.78. The van der Waals surface area contributed by atoms with E-state index >= 15 is 0 Å². The van der Waals surface area contributed by atoms with Gasteiger partial charge >= 0.3 is 0 Å². The lowest BCUT2D eigenvalue weighted by atomic mass is 10.00. The van der Waals surface area contributed by atoms with Gasteiger partial charge in [0.15, 0.2) is 11.5 Å². The number of anilines is 1. The molecule has 0 bridgehead atoms. The van der Waals surface area contributed by atoms with Crippen molar-refractivity contribution in [1.29, 1.82) is 0 Å². The van der Waals surface area contributed by atoms with Gasteiger partial charge in [-0.3, -0.25) is 9.59 Å². The maximum absolute atomic E-state index is 12.7. The Labute approximate surface area is 165 Å². The van der Waals surface area contributed by atoms with Crippen LogP contribution in [0.4, 0.5) is 5.69 Å². The summed E-state index contributed by atoms with van der Waals surface area (Å²) in [5, 5.41) is 0. The van der Waals surface area contributed by atoms with Crippen molar-refractivity contribution in [3.63, 3.8) is 0 Å². The van der Waals surface area contributed by atoms with Gasteiger partial charge in [0.05, 0.1) is 14.2 Å². The molecule has 0 atom stereocenters. The minimum Gasteiger partial charge on any atom is -0.493 e. The first-order valence-electron chi connectivity index (χ1n) is 9.38. The van der Waals surface area contributed by atoms with E-state index in [1.165, 1.54) is 18.1 Å². The molecule has 2 aromatic rings. The zero-order valence-corrected chi connectivity index (χ0v) is 16.6. The lowest BCUT2D eigenvalue weighted by Gasteiger charge is -2.30. The van der Waals surface area contributed by atoms with Crippen molar-refractivity contribution in [3.05, 3.63) is 53.6 Å². The summed E-state index contributed by atoms with van der Waals surface area (Å²) in [6.45, 7) is 3.16. The standard InChI is InChI=1S/C22H26N2O4/c1-16(25)24(19-8-9-20(27-2)21(14-19)28-3)13-11-22(26)23-12-10-17-6-4-5-7-18(17)15-23/h4-9,14H,10-13,15H2,1-3H3. The summed E-state index contributed by atoms with van der Waals surface area (Å²) in [5.74, 6) is 1.08. The van der Waals surface area contributed by atoms with Crippen LogP contribution in [0, 0.1) is 0 Å². The molecule has 0 unspecified atom stereocenters. The van der Waals surface area contributed by atoms with Crippen molar-refractivity contribution < 1.29 is 19.1 Å². The summed E-state index contributed by atoms with van der Waals surface area (Å²) in [5.41, 5.74) is 3.19. The van der Waals surface area contributed by atoms with Crippen molar-refractivity contribution in [1.82, 2.24) is 4.90 Å². The highest BCUT2D eigenvalue weighted by atomic mass is 16.5. The van der Waals surface area contributed by atoms with Crippen LogP contribution < -0.4 is 14.4 Å². The Hall–Kier alpha value is -3.02. The van der Waals surface area contributed by atoms with Gasteiger partial charge < -0.3 is 19.3 Å². The molecule has 28 heavy (non-hydrogen) atoms.